The molecule has 0 amide bonds. The number of nitrogens with zero attached hydrogens (tertiary/aromatic N) is 3. The van der Waals surface area contributed by atoms with Crippen molar-refractivity contribution in [3.05, 3.63) is 59.4 Å². The second-order valence-corrected chi connectivity index (χ2v) is 6.51. The van der Waals surface area contributed by atoms with Gasteiger partial charge in [0.1, 0.15) is 18.2 Å². The Labute approximate surface area is 147 Å². The van der Waals surface area contributed by atoms with Crippen molar-refractivity contribution in [3.8, 4) is 5.75 Å². The number of para-hydroxylation sites is 1. The second kappa shape index (κ2) is 7.69. The molecule has 0 aliphatic rings. The van der Waals surface area contributed by atoms with E-state index in [9.17, 15) is 0 Å². The number of benzene rings is 2. The van der Waals surface area contributed by atoms with Gasteiger partial charge in [0.05, 0.1) is 11.0 Å². The maximum Gasteiger partial charge on any atom is 0.147 e. The van der Waals surface area contributed by atoms with E-state index in [4.69, 9.17) is 21.3 Å². The largest absolute Gasteiger partial charge is 0.486 e. The first-order valence-corrected chi connectivity index (χ1v) is 8.48. The van der Waals surface area contributed by atoms with Gasteiger partial charge >= 0.3 is 0 Å². The molecule has 1 aromatic heterocycles. The average molecular weight is 344 g/mol. The van der Waals surface area contributed by atoms with Crippen LogP contribution in [0.15, 0.2) is 48.5 Å². The van der Waals surface area contributed by atoms with Crippen LogP contribution in [0.2, 0.25) is 5.02 Å². The fourth-order valence-corrected chi connectivity index (χ4v) is 2.89. The van der Waals surface area contributed by atoms with Crippen molar-refractivity contribution in [2.24, 2.45) is 0 Å². The van der Waals surface area contributed by atoms with Gasteiger partial charge in [-0.2, -0.15) is 0 Å². The summed E-state index contributed by atoms with van der Waals surface area (Å²) < 4.78 is 8.13. The Morgan fingerprint density at radius 1 is 1.12 bits per heavy atom. The monoisotopic (exact) mass is 343 g/mol. The van der Waals surface area contributed by atoms with Crippen molar-refractivity contribution >= 4 is 22.6 Å². The lowest BCUT2D eigenvalue weighted by atomic mass is 10.3. The lowest BCUT2D eigenvalue weighted by Gasteiger charge is -2.13. The molecule has 1 heterocycles. The molecule has 0 atom stereocenters. The van der Waals surface area contributed by atoms with E-state index in [0.29, 0.717) is 11.6 Å². The van der Waals surface area contributed by atoms with Gasteiger partial charge in [-0.1, -0.05) is 29.8 Å². The van der Waals surface area contributed by atoms with Crippen molar-refractivity contribution in [2.45, 2.75) is 19.6 Å². The zero-order chi connectivity index (χ0) is 16.9. The summed E-state index contributed by atoms with van der Waals surface area (Å²) in [6, 6.07) is 15.7. The van der Waals surface area contributed by atoms with Crippen molar-refractivity contribution in [3.63, 3.8) is 0 Å². The quantitative estimate of drug-likeness (QED) is 0.643. The van der Waals surface area contributed by atoms with Gasteiger partial charge in [0, 0.05) is 11.6 Å². The number of imidazole rings is 1. The molecule has 3 aromatic rings. The fourth-order valence-electron chi connectivity index (χ4n) is 2.72. The van der Waals surface area contributed by atoms with E-state index in [1.165, 1.54) is 0 Å². The first-order chi connectivity index (χ1) is 11.6. The summed E-state index contributed by atoms with van der Waals surface area (Å²) in [5.74, 6) is 1.78. The van der Waals surface area contributed by atoms with Crippen LogP contribution in [0.5, 0.6) is 5.75 Å². The second-order valence-electron chi connectivity index (χ2n) is 6.07. The standard InChI is InChI=1S/C19H22ClN3O/c1-22(2)11-6-12-23-18-10-9-15(20)13-17(18)21-19(23)14-24-16-7-4-3-5-8-16/h3-5,7-10,13H,6,11-12,14H2,1-2H3. The summed E-state index contributed by atoms with van der Waals surface area (Å²) in [4.78, 5) is 6.92. The molecule has 0 bridgehead atoms. The van der Waals surface area contributed by atoms with Crippen molar-refractivity contribution < 1.29 is 4.74 Å². The Morgan fingerprint density at radius 2 is 1.92 bits per heavy atom. The van der Waals surface area contributed by atoms with Crippen LogP contribution >= 0.6 is 11.6 Å². The topological polar surface area (TPSA) is 30.3 Å². The van der Waals surface area contributed by atoms with E-state index < -0.39 is 0 Å². The van der Waals surface area contributed by atoms with Crippen LogP contribution in [-0.2, 0) is 13.2 Å². The number of aromatic nitrogens is 2. The van der Waals surface area contributed by atoms with Crippen LogP contribution < -0.4 is 4.74 Å². The summed E-state index contributed by atoms with van der Waals surface area (Å²) in [6.07, 6.45) is 1.05. The minimum Gasteiger partial charge on any atom is -0.486 e. The highest BCUT2D eigenvalue weighted by molar-refractivity contribution is 6.31. The number of halogens is 1. The molecule has 3 rings (SSSR count). The molecule has 0 radical (unpaired) electrons. The first kappa shape index (κ1) is 16.8. The third kappa shape index (κ3) is 4.08. The smallest absolute Gasteiger partial charge is 0.147 e. The molecule has 4 nitrogen and oxygen atoms in total. The van der Waals surface area contributed by atoms with Crippen LogP contribution in [0.4, 0.5) is 0 Å². The number of ether oxygens (including phenoxy) is 1. The SMILES string of the molecule is CN(C)CCCn1c(COc2ccccc2)nc2cc(Cl)ccc21. The molecule has 2 aromatic carbocycles. The Hall–Kier alpha value is -2.04. The Kier molecular flexibility index (Phi) is 5.38. The van der Waals surface area contributed by atoms with Crippen LogP contribution in [0.1, 0.15) is 12.2 Å². The van der Waals surface area contributed by atoms with E-state index in [-0.39, 0.29) is 0 Å². The molecule has 0 unspecified atom stereocenters. The molecule has 0 aliphatic heterocycles. The zero-order valence-corrected chi connectivity index (χ0v) is 14.8. The lowest BCUT2D eigenvalue weighted by Crippen LogP contribution is -2.16. The summed E-state index contributed by atoms with van der Waals surface area (Å²) in [6.45, 7) is 2.38. The van der Waals surface area contributed by atoms with Crippen LogP contribution in [0.25, 0.3) is 11.0 Å². The van der Waals surface area contributed by atoms with Gasteiger partial charge in [-0.15, -0.1) is 0 Å². The summed E-state index contributed by atoms with van der Waals surface area (Å²) >= 11 is 6.11. The van der Waals surface area contributed by atoms with Gasteiger partial charge in [-0.25, -0.2) is 4.98 Å². The zero-order valence-electron chi connectivity index (χ0n) is 14.1. The predicted molar refractivity (Wildman–Crippen MR) is 98.7 cm³/mol. The molecule has 0 saturated carbocycles. The molecule has 5 heteroatoms. The molecule has 126 valence electrons. The lowest BCUT2D eigenvalue weighted by molar-refractivity contribution is 0.288. The third-order valence-corrected chi connectivity index (χ3v) is 4.12. The van der Waals surface area contributed by atoms with Crippen LogP contribution in [-0.4, -0.2) is 35.1 Å². The van der Waals surface area contributed by atoms with E-state index in [0.717, 1.165) is 42.1 Å². The van der Waals surface area contributed by atoms with Crippen LogP contribution in [0.3, 0.4) is 0 Å². The number of hydrogen-bond acceptors (Lipinski definition) is 3. The van der Waals surface area contributed by atoms with Gasteiger partial charge in [-0.05, 0) is 57.4 Å². The molecular weight excluding hydrogens is 322 g/mol. The van der Waals surface area contributed by atoms with Crippen LogP contribution in [0, 0.1) is 0 Å². The van der Waals surface area contributed by atoms with E-state index in [1.54, 1.807) is 0 Å². The van der Waals surface area contributed by atoms with E-state index >= 15 is 0 Å². The molecule has 0 aliphatic carbocycles. The minimum atomic E-state index is 0.443. The first-order valence-electron chi connectivity index (χ1n) is 8.11. The highest BCUT2D eigenvalue weighted by Gasteiger charge is 2.12. The van der Waals surface area contributed by atoms with Gasteiger partial charge < -0.3 is 14.2 Å². The molecule has 0 fully saturated rings. The Balaban J connectivity index is 1.84. The predicted octanol–water partition coefficient (Wildman–Crippen LogP) is 4.22. The van der Waals surface area contributed by atoms with Gasteiger partial charge in [0.15, 0.2) is 0 Å². The normalized spacial score (nSPS) is 11.3. The maximum atomic E-state index is 6.11. The van der Waals surface area contributed by atoms with Crippen molar-refractivity contribution in [1.29, 1.82) is 0 Å². The fraction of sp³-hybridized carbons (Fsp3) is 0.316. The van der Waals surface area contributed by atoms with Crippen molar-refractivity contribution in [2.75, 3.05) is 20.6 Å². The van der Waals surface area contributed by atoms with E-state index in [2.05, 4.69) is 23.6 Å². The highest BCUT2D eigenvalue weighted by atomic mass is 35.5. The summed E-state index contributed by atoms with van der Waals surface area (Å²) in [5.41, 5.74) is 2.02. The third-order valence-electron chi connectivity index (χ3n) is 3.89. The van der Waals surface area contributed by atoms with Gasteiger partial charge in [0.25, 0.3) is 0 Å². The van der Waals surface area contributed by atoms with Gasteiger partial charge in [-0.3, -0.25) is 0 Å². The molecule has 0 N–H and O–H groups in total. The summed E-state index contributed by atoms with van der Waals surface area (Å²) in [5, 5.41) is 0.705. The molecule has 0 saturated heterocycles. The van der Waals surface area contributed by atoms with Gasteiger partial charge in [0.2, 0.25) is 0 Å². The Bertz CT molecular complexity index is 799. The number of rotatable bonds is 7. The summed E-state index contributed by atoms with van der Waals surface area (Å²) in [7, 11) is 4.18. The Morgan fingerprint density at radius 3 is 2.67 bits per heavy atom. The number of aryl methyl sites for hydroxylation is 1. The number of fused-ring (bicyclic) bond motifs is 1. The van der Waals surface area contributed by atoms with Crippen molar-refractivity contribution in [1.82, 2.24) is 14.5 Å². The molecular formula is C19H22ClN3O. The van der Waals surface area contributed by atoms with E-state index in [1.807, 2.05) is 48.5 Å². The maximum absolute atomic E-state index is 6.11. The molecule has 0 spiro atoms. The minimum absolute atomic E-state index is 0.443. The highest BCUT2D eigenvalue weighted by Crippen LogP contribution is 2.22. The molecule has 24 heavy (non-hydrogen) atoms. The average Bonchev–Trinajstić information content (AvgIpc) is 2.90. The number of hydrogen-bond donors (Lipinski definition) is 0.